The van der Waals surface area contributed by atoms with E-state index in [4.69, 9.17) is 14.2 Å². The van der Waals surface area contributed by atoms with Crippen LogP contribution in [0.2, 0.25) is 0 Å². The molecule has 0 atom stereocenters. The molecule has 126 valence electrons. The van der Waals surface area contributed by atoms with Gasteiger partial charge in [-0.25, -0.2) is 4.99 Å². The van der Waals surface area contributed by atoms with Crippen LogP contribution in [0.15, 0.2) is 38.2 Å². The van der Waals surface area contributed by atoms with E-state index in [-0.39, 0.29) is 11.3 Å². The number of hydrogen-bond donors (Lipinski definition) is 0. The molecule has 0 unspecified atom stereocenters. The molecule has 0 heterocycles. The zero-order valence-electron chi connectivity index (χ0n) is 13.1. The number of aliphatic imine (C=N–C) groups is 1. The van der Waals surface area contributed by atoms with Crippen molar-refractivity contribution in [2.45, 2.75) is 0 Å². The van der Waals surface area contributed by atoms with Crippen LogP contribution in [0.4, 0.5) is 0 Å². The van der Waals surface area contributed by atoms with E-state index in [1.807, 2.05) is 0 Å². The summed E-state index contributed by atoms with van der Waals surface area (Å²) in [6, 6.07) is 3.03. The molecule has 0 spiro atoms. The number of allylic oxidation sites excluding steroid dienone is 4. The Morgan fingerprint density at radius 1 is 0.958 bits per heavy atom. The molecule has 0 aromatic heterocycles. The first-order chi connectivity index (χ1) is 11.4. The molecule has 0 bridgehead atoms. The van der Waals surface area contributed by atoms with E-state index in [1.54, 1.807) is 0 Å². The minimum Gasteiger partial charge on any atom is -0.493 e. The number of ketones is 1. The van der Waals surface area contributed by atoms with Crippen LogP contribution in [0, 0.1) is 0 Å². The van der Waals surface area contributed by atoms with Crippen molar-refractivity contribution in [3.63, 3.8) is 0 Å². The number of carbonyl (C=O) groups excluding carboxylic acids is 2. The summed E-state index contributed by atoms with van der Waals surface area (Å²) in [5.74, 6) is 0.374. The van der Waals surface area contributed by atoms with E-state index in [0.29, 0.717) is 31.9 Å². The number of ether oxygens (including phenoxy) is 3. The van der Waals surface area contributed by atoms with Gasteiger partial charge < -0.3 is 14.2 Å². The summed E-state index contributed by atoms with van der Waals surface area (Å²) in [5, 5.41) is 0. The molecule has 24 heavy (non-hydrogen) atoms. The molecule has 0 fully saturated rings. The third kappa shape index (κ3) is 3.76. The zero-order chi connectivity index (χ0) is 17.9. The number of rotatable bonds is 4. The fraction of sp³-hybridized carbons (Fsp3) is 0.188. The number of halogens is 2. The average Bonchev–Trinajstić information content (AvgIpc) is 2.57. The Kier molecular flexibility index (Phi) is 5.95. The van der Waals surface area contributed by atoms with Crippen LogP contribution in [-0.2, 0) is 4.79 Å². The predicted molar refractivity (Wildman–Crippen MR) is 96.9 cm³/mol. The third-order valence-electron chi connectivity index (χ3n) is 3.13. The Morgan fingerprint density at radius 3 is 1.88 bits per heavy atom. The van der Waals surface area contributed by atoms with E-state index in [2.05, 4.69) is 36.9 Å². The highest BCUT2D eigenvalue weighted by atomic mass is 79.9. The number of hydrogen-bond acceptors (Lipinski definition) is 5. The summed E-state index contributed by atoms with van der Waals surface area (Å²) < 4.78 is 16.3. The molecule has 1 aromatic rings. The Labute approximate surface area is 155 Å². The maximum absolute atomic E-state index is 12.4. The topological polar surface area (TPSA) is 74.2 Å². The second-order valence-electron chi connectivity index (χ2n) is 4.57. The fourth-order valence-electron chi connectivity index (χ4n) is 2.00. The highest BCUT2D eigenvalue weighted by molar-refractivity contribution is 9.13. The van der Waals surface area contributed by atoms with Crippen LogP contribution >= 0.6 is 31.9 Å². The van der Waals surface area contributed by atoms with Crippen molar-refractivity contribution < 1.29 is 23.8 Å². The molecule has 1 aromatic carbocycles. The van der Waals surface area contributed by atoms with Crippen molar-refractivity contribution in [3.05, 3.63) is 38.8 Å². The van der Waals surface area contributed by atoms with Gasteiger partial charge in [-0.3, -0.25) is 9.59 Å². The molecule has 8 heteroatoms. The van der Waals surface area contributed by atoms with Gasteiger partial charge in [0, 0.05) is 5.56 Å². The van der Waals surface area contributed by atoms with Gasteiger partial charge in [-0.1, -0.05) is 0 Å². The van der Waals surface area contributed by atoms with Gasteiger partial charge in [0.05, 0.1) is 36.0 Å². The highest BCUT2D eigenvalue weighted by Crippen LogP contribution is 2.38. The molecular formula is C16H13Br2NO5. The summed E-state index contributed by atoms with van der Waals surface area (Å²) >= 11 is 6.27. The quantitative estimate of drug-likeness (QED) is 0.646. The lowest BCUT2D eigenvalue weighted by Gasteiger charge is -2.13. The largest absolute Gasteiger partial charge is 0.493 e. The molecule has 6 nitrogen and oxygen atoms in total. The third-order valence-corrected chi connectivity index (χ3v) is 4.30. The fourth-order valence-corrected chi connectivity index (χ4v) is 3.16. The lowest BCUT2D eigenvalue weighted by Crippen LogP contribution is -2.09. The van der Waals surface area contributed by atoms with Crippen molar-refractivity contribution in [2.75, 3.05) is 21.3 Å². The van der Waals surface area contributed by atoms with E-state index in [1.165, 1.54) is 45.6 Å². The minimum atomic E-state index is -0.508. The summed E-state index contributed by atoms with van der Waals surface area (Å²) in [4.78, 5) is 28.1. The number of nitrogens with zero attached hydrogens (tertiary/aromatic N) is 1. The molecule has 1 aliphatic rings. The second-order valence-corrected chi connectivity index (χ2v) is 6.28. The van der Waals surface area contributed by atoms with Crippen molar-refractivity contribution in [1.82, 2.24) is 0 Å². The molecule has 1 amide bonds. The summed E-state index contributed by atoms with van der Waals surface area (Å²) in [7, 11) is 4.40. The first-order valence-corrected chi connectivity index (χ1v) is 8.22. The van der Waals surface area contributed by atoms with Crippen LogP contribution in [-0.4, -0.2) is 38.7 Å². The van der Waals surface area contributed by atoms with E-state index in [9.17, 15) is 9.59 Å². The molecule has 0 N–H and O–H groups in total. The van der Waals surface area contributed by atoms with Gasteiger partial charge in [-0.15, -0.1) is 0 Å². The van der Waals surface area contributed by atoms with Crippen molar-refractivity contribution in [3.8, 4) is 17.2 Å². The number of amides is 1. The summed E-state index contributed by atoms with van der Waals surface area (Å²) in [6.07, 6.45) is 2.95. The lowest BCUT2D eigenvalue weighted by atomic mass is 10.1. The maximum atomic E-state index is 12.4. The lowest BCUT2D eigenvalue weighted by molar-refractivity contribution is -0.110. The number of carbonyl (C=O) groups is 2. The average molecular weight is 459 g/mol. The molecule has 0 radical (unpaired) electrons. The first-order valence-electron chi connectivity index (χ1n) is 6.63. The monoisotopic (exact) mass is 457 g/mol. The van der Waals surface area contributed by atoms with Crippen molar-refractivity contribution >= 4 is 49.3 Å². The smallest absolute Gasteiger partial charge is 0.277 e. The Balaban J connectivity index is 2.44. The predicted octanol–water partition coefficient (Wildman–Crippen LogP) is 3.43. The second kappa shape index (κ2) is 7.76. The summed E-state index contributed by atoms with van der Waals surface area (Å²) in [5.41, 5.74) is 0.607. The minimum absolute atomic E-state index is 0.214. The first kappa shape index (κ1) is 18.4. The Morgan fingerprint density at radius 2 is 1.46 bits per heavy atom. The normalized spacial score (nSPS) is 13.9. The molecule has 0 saturated carbocycles. The van der Waals surface area contributed by atoms with Crippen LogP contribution in [0.1, 0.15) is 10.4 Å². The maximum Gasteiger partial charge on any atom is 0.277 e. The van der Waals surface area contributed by atoms with Gasteiger partial charge in [0.15, 0.2) is 11.5 Å². The van der Waals surface area contributed by atoms with Crippen molar-refractivity contribution in [1.29, 1.82) is 0 Å². The SMILES string of the molecule is COc1cc(C(=O)N=C2C=C(Br)C(=O)C(Br)=C2)cc(OC)c1OC. The van der Waals surface area contributed by atoms with E-state index < -0.39 is 5.91 Å². The zero-order valence-corrected chi connectivity index (χ0v) is 16.2. The molecule has 0 aliphatic heterocycles. The molecular weight excluding hydrogens is 446 g/mol. The van der Waals surface area contributed by atoms with Gasteiger partial charge in [-0.2, -0.15) is 0 Å². The van der Waals surface area contributed by atoms with Crippen LogP contribution in [0.5, 0.6) is 17.2 Å². The Hall–Kier alpha value is -1.93. The Bertz CT molecular complexity index is 747. The number of benzene rings is 1. The number of methoxy groups -OCH3 is 3. The van der Waals surface area contributed by atoms with Gasteiger partial charge in [0.2, 0.25) is 11.5 Å². The van der Waals surface area contributed by atoms with E-state index >= 15 is 0 Å². The standard InChI is InChI=1S/C16H13Br2NO5/c1-22-12-4-8(5-13(23-2)15(12)24-3)16(21)19-9-6-10(17)14(20)11(18)7-9/h4-7H,1-3H3. The molecule has 0 saturated heterocycles. The highest BCUT2D eigenvalue weighted by Gasteiger charge is 2.19. The van der Waals surface area contributed by atoms with E-state index in [0.717, 1.165) is 0 Å². The van der Waals surface area contributed by atoms with Crippen molar-refractivity contribution in [2.24, 2.45) is 4.99 Å². The van der Waals surface area contributed by atoms with Gasteiger partial charge in [-0.05, 0) is 56.1 Å². The summed E-state index contributed by atoms with van der Waals surface area (Å²) in [6.45, 7) is 0. The number of Topliss-reactive ketones (excluding diaryl/α,β-unsaturated/α-hetero) is 1. The van der Waals surface area contributed by atoms with Gasteiger partial charge in [0.25, 0.3) is 5.91 Å². The van der Waals surface area contributed by atoms with Crippen LogP contribution in [0.25, 0.3) is 0 Å². The van der Waals surface area contributed by atoms with Gasteiger partial charge in [0.1, 0.15) is 0 Å². The molecule has 1 aliphatic carbocycles. The molecule has 2 rings (SSSR count). The van der Waals surface area contributed by atoms with Crippen LogP contribution in [0.3, 0.4) is 0 Å². The van der Waals surface area contributed by atoms with Crippen LogP contribution < -0.4 is 14.2 Å². The van der Waals surface area contributed by atoms with Gasteiger partial charge >= 0.3 is 0 Å².